The summed E-state index contributed by atoms with van der Waals surface area (Å²) in [5, 5.41) is 1.21. The van der Waals surface area contributed by atoms with Gasteiger partial charge in [-0.15, -0.1) is 6.42 Å². The van der Waals surface area contributed by atoms with Gasteiger partial charge in [-0.25, -0.2) is 5.06 Å². The molecule has 6 heteroatoms. The van der Waals surface area contributed by atoms with E-state index in [0.29, 0.717) is 13.2 Å². The van der Waals surface area contributed by atoms with E-state index in [1.54, 1.807) is 7.05 Å². The van der Waals surface area contributed by atoms with Crippen molar-refractivity contribution in [2.75, 3.05) is 40.6 Å². The number of carbonyl (C=O) groups is 1. The number of hydroxylamine groups is 2. The number of terminal acetylenes is 1. The SMILES string of the molecule is C#CCOCCOCC(C)(C(=O)N(C)OC)c1cccc(Br)c1. The van der Waals surface area contributed by atoms with E-state index in [0.717, 1.165) is 10.0 Å². The molecule has 1 unspecified atom stereocenters. The van der Waals surface area contributed by atoms with E-state index < -0.39 is 5.41 Å². The Morgan fingerprint density at radius 1 is 1.39 bits per heavy atom. The van der Waals surface area contributed by atoms with Gasteiger partial charge in [-0.2, -0.15) is 0 Å². The number of hydrogen-bond acceptors (Lipinski definition) is 4. The molecule has 23 heavy (non-hydrogen) atoms. The third kappa shape index (κ3) is 5.63. The Morgan fingerprint density at radius 2 is 2.09 bits per heavy atom. The lowest BCUT2D eigenvalue weighted by Gasteiger charge is -2.32. The van der Waals surface area contributed by atoms with Crippen LogP contribution in [-0.2, 0) is 24.5 Å². The van der Waals surface area contributed by atoms with Crippen molar-refractivity contribution < 1.29 is 19.1 Å². The number of likely N-dealkylation sites (N-methyl/N-ethyl adjacent to an activating group) is 1. The van der Waals surface area contributed by atoms with Crippen LogP contribution in [0.25, 0.3) is 0 Å². The summed E-state index contributed by atoms with van der Waals surface area (Å²) in [7, 11) is 3.03. The van der Waals surface area contributed by atoms with Gasteiger partial charge in [0, 0.05) is 11.5 Å². The van der Waals surface area contributed by atoms with Crippen LogP contribution >= 0.6 is 15.9 Å². The topological polar surface area (TPSA) is 48.0 Å². The van der Waals surface area contributed by atoms with Gasteiger partial charge >= 0.3 is 0 Å². The van der Waals surface area contributed by atoms with Crippen molar-refractivity contribution in [3.05, 3.63) is 34.3 Å². The summed E-state index contributed by atoms with van der Waals surface area (Å²) in [5.41, 5.74) is -0.0361. The molecule has 0 N–H and O–H groups in total. The van der Waals surface area contributed by atoms with E-state index in [4.69, 9.17) is 20.7 Å². The van der Waals surface area contributed by atoms with Gasteiger partial charge in [-0.05, 0) is 24.6 Å². The minimum Gasteiger partial charge on any atom is -0.378 e. The molecule has 0 aliphatic heterocycles. The summed E-state index contributed by atoms with van der Waals surface area (Å²) in [6.45, 7) is 3.02. The smallest absolute Gasteiger partial charge is 0.258 e. The number of hydrogen-bond donors (Lipinski definition) is 0. The monoisotopic (exact) mass is 383 g/mol. The Morgan fingerprint density at radius 3 is 2.70 bits per heavy atom. The maximum absolute atomic E-state index is 12.7. The summed E-state index contributed by atoms with van der Waals surface area (Å²) < 4.78 is 11.7. The van der Waals surface area contributed by atoms with Crippen LogP contribution in [0, 0.1) is 12.3 Å². The maximum atomic E-state index is 12.7. The molecular formula is C17H22BrNO4. The number of amides is 1. The highest BCUT2D eigenvalue weighted by Gasteiger charge is 2.38. The number of rotatable bonds is 9. The number of ether oxygens (including phenoxy) is 2. The molecule has 0 bridgehead atoms. The standard InChI is InChI=1S/C17H22BrNO4/c1-5-9-22-10-11-23-13-17(2,16(20)19(3)21-4)14-7-6-8-15(18)12-14/h1,6-8,12H,9-11,13H2,2-4H3. The van der Waals surface area contributed by atoms with Gasteiger partial charge in [0.1, 0.15) is 6.61 Å². The molecule has 0 fully saturated rings. The van der Waals surface area contributed by atoms with Gasteiger partial charge in [0.15, 0.2) is 0 Å². The lowest BCUT2D eigenvalue weighted by Crippen LogP contribution is -2.46. The van der Waals surface area contributed by atoms with Gasteiger partial charge < -0.3 is 9.47 Å². The fourth-order valence-corrected chi connectivity index (χ4v) is 2.46. The normalized spacial score (nSPS) is 13.2. The predicted octanol–water partition coefficient (Wildman–Crippen LogP) is 2.39. The minimum atomic E-state index is -0.874. The van der Waals surface area contributed by atoms with Crippen molar-refractivity contribution in [3.8, 4) is 12.3 Å². The number of benzene rings is 1. The van der Waals surface area contributed by atoms with E-state index in [1.165, 1.54) is 12.2 Å². The largest absolute Gasteiger partial charge is 0.378 e. The Balaban J connectivity index is 2.85. The van der Waals surface area contributed by atoms with E-state index in [9.17, 15) is 4.79 Å². The minimum absolute atomic E-state index is 0.192. The third-order valence-corrected chi connectivity index (χ3v) is 3.94. The Bertz CT molecular complexity index is 558. The van der Waals surface area contributed by atoms with Crippen LogP contribution in [0.5, 0.6) is 0 Å². The van der Waals surface area contributed by atoms with E-state index >= 15 is 0 Å². The van der Waals surface area contributed by atoms with Crippen LogP contribution in [0.4, 0.5) is 0 Å². The molecule has 0 aliphatic carbocycles. The second-order valence-electron chi connectivity index (χ2n) is 5.14. The summed E-state index contributed by atoms with van der Waals surface area (Å²) >= 11 is 3.43. The average molecular weight is 384 g/mol. The maximum Gasteiger partial charge on any atom is 0.258 e. The van der Waals surface area contributed by atoms with Crippen LogP contribution in [0.15, 0.2) is 28.7 Å². The molecule has 1 aromatic carbocycles. The Hall–Kier alpha value is -1.39. The van der Waals surface area contributed by atoms with Crippen molar-refractivity contribution in [2.45, 2.75) is 12.3 Å². The van der Waals surface area contributed by atoms with Crippen molar-refractivity contribution in [2.24, 2.45) is 0 Å². The molecule has 0 saturated heterocycles. The van der Waals surface area contributed by atoms with Crippen LogP contribution < -0.4 is 0 Å². The van der Waals surface area contributed by atoms with Gasteiger partial charge in [0.25, 0.3) is 5.91 Å². The molecule has 0 saturated carbocycles. The fraction of sp³-hybridized carbons (Fsp3) is 0.471. The van der Waals surface area contributed by atoms with E-state index in [2.05, 4.69) is 21.9 Å². The number of halogens is 1. The molecule has 1 aromatic rings. The van der Waals surface area contributed by atoms with Gasteiger partial charge in [0.2, 0.25) is 0 Å². The molecule has 0 aliphatic rings. The molecule has 0 radical (unpaired) electrons. The quantitative estimate of drug-likeness (QED) is 0.373. The Labute approximate surface area is 146 Å². The fourth-order valence-electron chi connectivity index (χ4n) is 2.06. The van der Waals surface area contributed by atoms with E-state index in [1.807, 2.05) is 31.2 Å². The van der Waals surface area contributed by atoms with Crippen LogP contribution in [0.1, 0.15) is 12.5 Å². The number of nitrogens with zero attached hydrogens (tertiary/aromatic N) is 1. The average Bonchev–Trinajstić information content (AvgIpc) is 2.56. The molecule has 1 atom stereocenters. The molecule has 0 heterocycles. The summed E-state index contributed by atoms with van der Waals surface area (Å²) in [6, 6.07) is 7.58. The van der Waals surface area contributed by atoms with Gasteiger partial charge in [-0.1, -0.05) is 34.0 Å². The summed E-state index contributed by atoms with van der Waals surface area (Å²) in [4.78, 5) is 17.8. The first-order chi connectivity index (χ1) is 11.0. The summed E-state index contributed by atoms with van der Waals surface area (Å²) in [5.74, 6) is 2.20. The highest BCUT2D eigenvalue weighted by molar-refractivity contribution is 9.10. The van der Waals surface area contributed by atoms with Gasteiger partial charge in [0.05, 0.1) is 32.3 Å². The molecule has 0 spiro atoms. The van der Waals surface area contributed by atoms with Crippen LogP contribution in [0.2, 0.25) is 0 Å². The highest BCUT2D eigenvalue weighted by Crippen LogP contribution is 2.29. The first-order valence-corrected chi connectivity index (χ1v) is 7.92. The van der Waals surface area contributed by atoms with Gasteiger partial charge in [-0.3, -0.25) is 9.63 Å². The van der Waals surface area contributed by atoms with E-state index in [-0.39, 0.29) is 19.1 Å². The first kappa shape index (κ1) is 19.7. The molecule has 1 amide bonds. The Kier molecular flexibility index (Phi) is 8.28. The second kappa shape index (κ2) is 9.68. The van der Waals surface area contributed by atoms with Crippen molar-refractivity contribution in [1.82, 2.24) is 5.06 Å². The zero-order valence-corrected chi connectivity index (χ0v) is 15.3. The molecule has 0 aromatic heterocycles. The molecule has 5 nitrogen and oxygen atoms in total. The zero-order chi connectivity index (χ0) is 17.3. The molecule has 1 rings (SSSR count). The predicted molar refractivity (Wildman–Crippen MR) is 91.7 cm³/mol. The third-order valence-electron chi connectivity index (χ3n) is 3.44. The van der Waals surface area contributed by atoms with Crippen LogP contribution in [0.3, 0.4) is 0 Å². The lowest BCUT2D eigenvalue weighted by atomic mass is 9.82. The zero-order valence-electron chi connectivity index (χ0n) is 13.7. The van der Waals surface area contributed by atoms with Crippen molar-refractivity contribution in [3.63, 3.8) is 0 Å². The number of carbonyl (C=O) groups excluding carboxylic acids is 1. The van der Waals surface area contributed by atoms with Crippen LogP contribution in [-0.4, -0.2) is 51.6 Å². The molecular weight excluding hydrogens is 362 g/mol. The molecule has 126 valence electrons. The first-order valence-electron chi connectivity index (χ1n) is 7.13. The second-order valence-corrected chi connectivity index (χ2v) is 6.05. The highest BCUT2D eigenvalue weighted by atomic mass is 79.9. The van der Waals surface area contributed by atoms with Crippen molar-refractivity contribution in [1.29, 1.82) is 0 Å². The van der Waals surface area contributed by atoms with Crippen molar-refractivity contribution >= 4 is 21.8 Å². The lowest BCUT2D eigenvalue weighted by molar-refractivity contribution is -0.177. The summed E-state index contributed by atoms with van der Waals surface area (Å²) in [6.07, 6.45) is 5.11.